The third-order valence-electron chi connectivity index (χ3n) is 5.84. The van der Waals surface area contributed by atoms with Crippen LogP contribution in [0.3, 0.4) is 0 Å². The molecule has 1 aliphatic carbocycles. The summed E-state index contributed by atoms with van der Waals surface area (Å²) in [4.78, 5) is 22.2. The number of hydrogen-bond donors (Lipinski definition) is 1. The first-order chi connectivity index (χ1) is 14.0. The second-order valence-corrected chi connectivity index (χ2v) is 9.47. The largest absolute Gasteiger partial charge is 0.361 e. The van der Waals surface area contributed by atoms with Gasteiger partial charge in [-0.05, 0) is 69.8 Å². The molecule has 1 fully saturated rings. The second-order valence-electron chi connectivity index (χ2n) is 8.39. The molecule has 1 saturated heterocycles. The Hall–Kier alpha value is -1.99. The Labute approximate surface area is 175 Å². The minimum atomic E-state index is -0.199. The van der Waals surface area contributed by atoms with Gasteiger partial charge < -0.3 is 15.1 Å². The molecule has 2 heterocycles. The van der Waals surface area contributed by atoms with Crippen molar-refractivity contribution in [3.63, 3.8) is 0 Å². The van der Waals surface area contributed by atoms with Crippen molar-refractivity contribution >= 4 is 22.4 Å². The minimum absolute atomic E-state index is 0.199. The summed E-state index contributed by atoms with van der Waals surface area (Å²) < 4.78 is 13.8. The van der Waals surface area contributed by atoms with Crippen molar-refractivity contribution in [3.05, 3.63) is 34.5 Å². The van der Waals surface area contributed by atoms with Crippen molar-refractivity contribution < 1.29 is 9.18 Å². The molecule has 156 valence electrons. The van der Waals surface area contributed by atoms with E-state index in [0.29, 0.717) is 12.5 Å². The monoisotopic (exact) mass is 416 g/mol. The molecule has 0 unspecified atom stereocenters. The fourth-order valence-corrected chi connectivity index (χ4v) is 5.25. The highest BCUT2D eigenvalue weighted by atomic mass is 32.1. The number of amides is 1. The molecule has 2 aromatic rings. The molecule has 0 atom stereocenters. The first-order valence-corrected chi connectivity index (χ1v) is 11.3. The van der Waals surface area contributed by atoms with E-state index in [1.807, 2.05) is 30.0 Å². The number of aryl methyl sites for hydroxylation is 2. The first-order valence-electron chi connectivity index (χ1n) is 10.4. The summed E-state index contributed by atoms with van der Waals surface area (Å²) in [7, 11) is 3.86. The molecule has 1 amide bonds. The van der Waals surface area contributed by atoms with Crippen molar-refractivity contribution in [1.82, 2.24) is 14.8 Å². The molecular formula is C22H29FN4OS. The van der Waals surface area contributed by atoms with E-state index < -0.39 is 0 Å². The summed E-state index contributed by atoms with van der Waals surface area (Å²) in [6.45, 7) is 3.02. The van der Waals surface area contributed by atoms with Crippen LogP contribution in [0.15, 0.2) is 18.2 Å². The zero-order valence-electron chi connectivity index (χ0n) is 17.2. The lowest BCUT2D eigenvalue weighted by Gasteiger charge is -2.32. The molecule has 0 bridgehead atoms. The summed E-state index contributed by atoms with van der Waals surface area (Å²) in [5.41, 5.74) is 3.10. The maximum Gasteiger partial charge on any atom is 0.236 e. The van der Waals surface area contributed by atoms with E-state index in [1.54, 1.807) is 23.5 Å². The number of piperidine rings is 1. The van der Waals surface area contributed by atoms with Crippen LogP contribution >= 0.6 is 11.3 Å². The number of carbonyl (C=O) groups excluding carboxylic acids is 1. The van der Waals surface area contributed by atoms with Gasteiger partial charge in [-0.25, -0.2) is 9.37 Å². The van der Waals surface area contributed by atoms with Crippen LogP contribution in [-0.4, -0.2) is 61.0 Å². The summed E-state index contributed by atoms with van der Waals surface area (Å²) in [5.74, 6) is 0.567. The third kappa shape index (κ3) is 4.78. The quantitative estimate of drug-likeness (QED) is 0.808. The SMILES string of the molecule is CN(C)CC(=O)N1CCC(CNc2nc3c(s2)CCCc2ccc(F)cc2-3)CC1. The number of carbonyl (C=O) groups is 1. The topological polar surface area (TPSA) is 48.5 Å². The smallest absolute Gasteiger partial charge is 0.236 e. The Morgan fingerprint density at radius 1 is 1.31 bits per heavy atom. The summed E-state index contributed by atoms with van der Waals surface area (Å²) in [6.07, 6.45) is 5.09. The maximum atomic E-state index is 13.8. The number of nitrogens with zero attached hydrogens (tertiary/aromatic N) is 3. The average Bonchev–Trinajstić information content (AvgIpc) is 3.03. The van der Waals surface area contributed by atoms with Gasteiger partial charge in [-0.1, -0.05) is 6.07 Å². The molecule has 5 nitrogen and oxygen atoms in total. The van der Waals surface area contributed by atoms with Gasteiger partial charge in [0.15, 0.2) is 5.13 Å². The van der Waals surface area contributed by atoms with Crippen LogP contribution < -0.4 is 5.32 Å². The van der Waals surface area contributed by atoms with Gasteiger partial charge in [-0.3, -0.25) is 4.79 Å². The van der Waals surface area contributed by atoms with Crippen LogP contribution in [0, 0.1) is 11.7 Å². The van der Waals surface area contributed by atoms with E-state index in [0.717, 1.165) is 68.1 Å². The highest BCUT2D eigenvalue weighted by Gasteiger charge is 2.24. The fraction of sp³-hybridized carbons (Fsp3) is 0.545. The molecule has 0 radical (unpaired) electrons. The zero-order valence-corrected chi connectivity index (χ0v) is 18.0. The lowest BCUT2D eigenvalue weighted by atomic mass is 9.97. The highest BCUT2D eigenvalue weighted by Crippen LogP contribution is 2.37. The number of fused-ring (bicyclic) bond motifs is 3. The highest BCUT2D eigenvalue weighted by molar-refractivity contribution is 7.16. The van der Waals surface area contributed by atoms with Crippen molar-refractivity contribution in [2.45, 2.75) is 32.1 Å². The standard InChI is InChI=1S/C22H29FN4OS/c1-26(2)14-20(28)27-10-8-15(9-11-27)13-24-22-25-21-18-12-17(23)7-6-16(18)4-3-5-19(21)29-22/h6-7,12,15H,3-5,8-11,13-14H2,1-2H3,(H,24,25). The third-order valence-corrected chi connectivity index (χ3v) is 6.91. The van der Waals surface area contributed by atoms with Gasteiger partial charge >= 0.3 is 0 Å². The Morgan fingerprint density at radius 2 is 2.10 bits per heavy atom. The number of likely N-dealkylation sites (tertiary alicyclic amines) is 1. The summed E-state index contributed by atoms with van der Waals surface area (Å²) >= 11 is 1.70. The van der Waals surface area contributed by atoms with Crippen LogP contribution in [0.1, 0.15) is 29.7 Å². The molecule has 0 saturated carbocycles. The number of anilines is 1. The van der Waals surface area contributed by atoms with E-state index >= 15 is 0 Å². The van der Waals surface area contributed by atoms with Crippen LogP contribution in [0.2, 0.25) is 0 Å². The maximum absolute atomic E-state index is 13.8. The Kier molecular flexibility index (Phi) is 6.15. The number of nitrogens with one attached hydrogen (secondary N) is 1. The second kappa shape index (κ2) is 8.79. The lowest BCUT2D eigenvalue weighted by molar-refractivity contribution is -0.133. The number of aromatic nitrogens is 1. The van der Waals surface area contributed by atoms with Gasteiger partial charge in [0, 0.05) is 30.1 Å². The van der Waals surface area contributed by atoms with Gasteiger partial charge in [0.05, 0.1) is 12.2 Å². The van der Waals surface area contributed by atoms with Gasteiger partial charge in [0.1, 0.15) is 5.82 Å². The predicted octanol–water partition coefficient (Wildman–Crippen LogP) is 3.65. The number of halogens is 1. The van der Waals surface area contributed by atoms with Crippen molar-refractivity contribution in [1.29, 1.82) is 0 Å². The van der Waals surface area contributed by atoms with E-state index in [1.165, 1.54) is 10.4 Å². The predicted molar refractivity (Wildman–Crippen MR) is 116 cm³/mol. The van der Waals surface area contributed by atoms with E-state index in [9.17, 15) is 9.18 Å². The molecule has 1 aliphatic heterocycles. The molecule has 1 N–H and O–H groups in total. The number of likely N-dealkylation sites (N-methyl/N-ethyl adjacent to an activating group) is 1. The van der Waals surface area contributed by atoms with Gasteiger partial charge in [-0.2, -0.15) is 0 Å². The fourth-order valence-electron chi connectivity index (χ4n) is 4.22. The summed E-state index contributed by atoms with van der Waals surface area (Å²) in [5, 5.41) is 4.44. The molecule has 4 rings (SSSR count). The molecule has 29 heavy (non-hydrogen) atoms. The van der Waals surface area contributed by atoms with Gasteiger partial charge in [-0.15, -0.1) is 11.3 Å². The molecule has 7 heteroatoms. The number of hydrogen-bond acceptors (Lipinski definition) is 5. The van der Waals surface area contributed by atoms with Crippen LogP contribution in [-0.2, 0) is 17.6 Å². The van der Waals surface area contributed by atoms with Gasteiger partial charge in [0.2, 0.25) is 5.91 Å². The zero-order chi connectivity index (χ0) is 20.4. The first kappa shape index (κ1) is 20.3. The summed E-state index contributed by atoms with van der Waals surface area (Å²) in [6, 6.07) is 5.08. The van der Waals surface area contributed by atoms with Crippen molar-refractivity contribution in [2.24, 2.45) is 5.92 Å². The van der Waals surface area contributed by atoms with E-state index in [4.69, 9.17) is 4.98 Å². The normalized spacial score (nSPS) is 17.0. The molecule has 2 aliphatic rings. The molecule has 1 aromatic heterocycles. The Bertz CT molecular complexity index is 874. The van der Waals surface area contributed by atoms with E-state index in [2.05, 4.69) is 5.32 Å². The number of thiazole rings is 1. The van der Waals surface area contributed by atoms with Crippen molar-refractivity contribution in [2.75, 3.05) is 45.6 Å². The number of rotatable bonds is 5. The molecule has 1 aromatic carbocycles. The van der Waals surface area contributed by atoms with E-state index in [-0.39, 0.29) is 11.7 Å². The molecule has 0 spiro atoms. The van der Waals surface area contributed by atoms with Crippen LogP contribution in [0.4, 0.5) is 9.52 Å². The Balaban J connectivity index is 1.36. The van der Waals surface area contributed by atoms with Gasteiger partial charge in [0.25, 0.3) is 0 Å². The molecular weight excluding hydrogens is 387 g/mol. The lowest BCUT2D eigenvalue weighted by Crippen LogP contribution is -2.43. The van der Waals surface area contributed by atoms with Crippen LogP contribution in [0.25, 0.3) is 11.3 Å². The minimum Gasteiger partial charge on any atom is -0.361 e. The Morgan fingerprint density at radius 3 is 2.86 bits per heavy atom. The van der Waals surface area contributed by atoms with Crippen molar-refractivity contribution in [3.8, 4) is 11.3 Å². The average molecular weight is 417 g/mol. The van der Waals surface area contributed by atoms with Crippen LogP contribution in [0.5, 0.6) is 0 Å². The number of benzene rings is 1.